The first-order valence-corrected chi connectivity index (χ1v) is 19.8. The smallest absolute Gasteiger partial charge is 0.104 e. The first-order valence-electron chi connectivity index (χ1n) is 14.1. The van der Waals surface area contributed by atoms with E-state index in [1.807, 2.05) is 6.66 Å². The quantitative estimate of drug-likeness (QED) is 0.111. The molecule has 2 aromatic rings. The summed E-state index contributed by atoms with van der Waals surface area (Å²) in [4.78, 5) is 0. The number of nitrogens with zero attached hydrogens (tertiary/aromatic N) is 1. The van der Waals surface area contributed by atoms with Gasteiger partial charge in [-0.15, -0.1) is 24.0 Å². The van der Waals surface area contributed by atoms with E-state index in [0.29, 0.717) is 12.6 Å². The summed E-state index contributed by atoms with van der Waals surface area (Å²) in [5.41, 5.74) is 5.55. The van der Waals surface area contributed by atoms with Crippen molar-refractivity contribution in [2.24, 2.45) is 0 Å². The second-order valence-corrected chi connectivity index (χ2v) is 13.0. The number of quaternary nitrogens is 1. The molecule has 0 N–H and O–H groups in total. The highest BCUT2D eigenvalue weighted by Crippen LogP contribution is 2.20. The van der Waals surface area contributed by atoms with Crippen LogP contribution in [0, 0.1) is 0 Å². The number of alkyl halides is 1. The van der Waals surface area contributed by atoms with E-state index in [1.54, 1.807) is 0 Å². The minimum absolute atomic E-state index is 0. The van der Waals surface area contributed by atoms with Gasteiger partial charge in [0, 0.05) is 11.4 Å². The zero-order valence-electron chi connectivity index (χ0n) is 25.1. The second-order valence-electron chi connectivity index (χ2n) is 9.46. The van der Waals surface area contributed by atoms with Gasteiger partial charge in [0.25, 0.3) is 0 Å². The molecule has 0 aliphatic carbocycles. The highest BCUT2D eigenvalue weighted by molar-refractivity contribution is 8.08. The Morgan fingerprint density at radius 2 is 0.923 bits per heavy atom. The Labute approximate surface area is 271 Å². The number of hydrogen-bond donors (Lipinski definition) is 0. The van der Waals surface area contributed by atoms with Crippen LogP contribution in [0.15, 0.2) is 48.5 Å². The van der Waals surface area contributed by atoms with Crippen LogP contribution in [0.1, 0.15) is 95.4 Å². The van der Waals surface area contributed by atoms with Crippen molar-refractivity contribution in [1.82, 2.24) is 0 Å². The molecule has 1 nitrogen and oxygen atoms in total. The van der Waals surface area contributed by atoms with Gasteiger partial charge in [0.15, 0.2) is 0 Å². The van der Waals surface area contributed by atoms with Crippen molar-refractivity contribution in [3.05, 3.63) is 70.8 Å². The van der Waals surface area contributed by atoms with E-state index in [2.05, 4.69) is 107 Å². The van der Waals surface area contributed by atoms with Gasteiger partial charge in [-0.2, -0.15) is 0 Å². The molecule has 0 amide bonds. The van der Waals surface area contributed by atoms with E-state index in [1.165, 1.54) is 91.4 Å². The molecule has 0 radical (unpaired) electrons. The topological polar surface area (TPSA) is 0 Å². The molecule has 39 heavy (non-hydrogen) atoms. The normalized spacial score (nSPS) is 10.3. The van der Waals surface area contributed by atoms with Gasteiger partial charge >= 0.3 is 0 Å². The van der Waals surface area contributed by atoms with Crippen LogP contribution in [0.25, 0.3) is 0 Å². The summed E-state index contributed by atoms with van der Waals surface area (Å²) in [5, 5.41) is 0. The lowest BCUT2D eigenvalue weighted by atomic mass is 10.1. The molecule has 0 aromatic heterocycles. The van der Waals surface area contributed by atoms with Gasteiger partial charge in [-0.1, -0.05) is 114 Å². The average Bonchev–Trinajstić information content (AvgIpc) is 2.95. The zero-order valence-corrected chi connectivity index (χ0v) is 30.9. The third kappa shape index (κ3) is 23.6. The largest absolute Gasteiger partial charge is 0.320 e. The predicted molar refractivity (Wildman–Crippen MR) is 192 cm³/mol. The molecule has 2 aromatic carbocycles. The van der Waals surface area contributed by atoms with Gasteiger partial charge < -0.3 is 4.48 Å². The SMILES string of the molecule is CCCC[N+](CCCC)(CCCC)Cc1ccc(CC)cc1.CCc1ccc(CCl)cc1.CP=S.Cl.S=PCl. The van der Waals surface area contributed by atoms with Crippen LogP contribution >= 0.6 is 49.3 Å². The predicted octanol–water partition coefficient (Wildman–Crippen LogP) is 11.9. The molecule has 8 heteroatoms. The molecule has 0 saturated heterocycles. The van der Waals surface area contributed by atoms with Crippen LogP contribution in [-0.4, -0.2) is 30.8 Å². The Bertz CT molecular complexity index is 756. The molecule has 0 aliphatic heterocycles. The van der Waals surface area contributed by atoms with Gasteiger partial charge in [-0.25, -0.2) is 0 Å². The van der Waals surface area contributed by atoms with Crippen LogP contribution < -0.4 is 0 Å². The molecule has 0 heterocycles. The molecule has 0 saturated carbocycles. The van der Waals surface area contributed by atoms with Gasteiger partial charge in [0.1, 0.15) is 6.54 Å². The summed E-state index contributed by atoms with van der Waals surface area (Å²) in [5.74, 6) is 0.615. The number of halogens is 3. The highest BCUT2D eigenvalue weighted by Gasteiger charge is 2.26. The Morgan fingerprint density at radius 1 is 0.641 bits per heavy atom. The Morgan fingerprint density at radius 3 is 1.18 bits per heavy atom. The molecule has 2 rings (SSSR count). The van der Waals surface area contributed by atoms with E-state index in [4.69, 9.17) is 22.8 Å². The van der Waals surface area contributed by atoms with Crippen molar-refractivity contribution in [2.45, 2.75) is 98.4 Å². The van der Waals surface area contributed by atoms with Crippen molar-refractivity contribution < 1.29 is 4.48 Å². The maximum absolute atomic E-state index is 5.62. The number of rotatable bonds is 14. The lowest BCUT2D eigenvalue weighted by Crippen LogP contribution is -2.49. The van der Waals surface area contributed by atoms with E-state index in [-0.39, 0.29) is 12.4 Å². The molecule has 224 valence electrons. The van der Waals surface area contributed by atoms with Crippen LogP contribution in [-0.2, 0) is 48.9 Å². The number of aryl methyl sites for hydroxylation is 2. The molecule has 0 spiro atoms. The molecule has 0 aliphatic rings. The maximum Gasteiger partial charge on any atom is 0.104 e. The van der Waals surface area contributed by atoms with Crippen molar-refractivity contribution in [3.63, 3.8) is 0 Å². The monoisotopic (exact) mass is 670 g/mol. The van der Waals surface area contributed by atoms with Crippen LogP contribution in [0.5, 0.6) is 0 Å². The van der Waals surface area contributed by atoms with Crippen molar-refractivity contribution in [3.8, 4) is 0 Å². The molecule has 0 bridgehead atoms. The summed E-state index contributed by atoms with van der Waals surface area (Å²) < 4.78 is 1.31. The Kier molecular flexibility index (Phi) is 35.1. The first kappa shape index (κ1) is 43.8. The summed E-state index contributed by atoms with van der Waals surface area (Å²) in [6.07, 6.45) is 10.3. The van der Waals surface area contributed by atoms with Crippen molar-refractivity contribution >= 4 is 72.9 Å². The molecular formula is C31H53Cl3NP2S2+. The number of benzene rings is 2. The maximum atomic E-state index is 5.62. The van der Waals surface area contributed by atoms with Gasteiger partial charge in [0.2, 0.25) is 0 Å². The van der Waals surface area contributed by atoms with Gasteiger partial charge in [0.05, 0.1) is 26.3 Å². The Hall–Kier alpha value is 0.310. The third-order valence-corrected chi connectivity index (χ3v) is 6.80. The fraction of sp³-hybridized carbons (Fsp3) is 0.613. The molecule has 0 atom stereocenters. The van der Waals surface area contributed by atoms with Gasteiger partial charge in [-0.3, -0.25) is 0 Å². The van der Waals surface area contributed by atoms with Crippen LogP contribution in [0.4, 0.5) is 0 Å². The van der Waals surface area contributed by atoms with Crippen molar-refractivity contribution in [2.75, 3.05) is 26.3 Å². The van der Waals surface area contributed by atoms with E-state index in [9.17, 15) is 0 Å². The van der Waals surface area contributed by atoms with E-state index < -0.39 is 0 Å². The number of hydrogen-bond acceptors (Lipinski definition) is 2. The molecule has 0 fully saturated rings. The van der Waals surface area contributed by atoms with E-state index in [0.717, 1.165) is 20.2 Å². The molecule has 0 unspecified atom stereocenters. The lowest BCUT2D eigenvalue weighted by molar-refractivity contribution is -0.941. The summed E-state index contributed by atoms with van der Waals surface area (Å²) >= 11 is 18.9. The highest BCUT2D eigenvalue weighted by atomic mass is 35.7. The summed E-state index contributed by atoms with van der Waals surface area (Å²) in [6.45, 7) is 19.0. The Balaban J connectivity index is -0.000000630. The molecular weight excluding hydrogens is 619 g/mol. The van der Waals surface area contributed by atoms with E-state index >= 15 is 0 Å². The third-order valence-electron chi connectivity index (χ3n) is 6.49. The average molecular weight is 672 g/mol. The van der Waals surface area contributed by atoms with Crippen molar-refractivity contribution in [1.29, 1.82) is 0 Å². The minimum atomic E-state index is 0. The van der Waals surface area contributed by atoms with Crippen LogP contribution in [0.2, 0.25) is 0 Å². The number of unbranched alkanes of at least 4 members (excludes halogenated alkanes) is 3. The summed E-state index contributed by atoms with van der Waals surface area (Å²) in [6, 6.07) is 17.8. The second kappa shape index (κ2) is 31.3. The lowest BCUT2D eigenvalue weighted by Gasteiger charge is -2.39. The minimum Gasteiger partial charge on any atom is -0.320 e. The summed E-state index contributed by atoms with van der Waals surface area (Å²) in [7, 11) is 1.00. The van der Waals surface area contributed by atoms with Gasteiger partial charge in [-0.05, 0) is 85.9 Å². The fourth-order valence-corrected chi connectivity index (χ4v) is 4.36. The zero-order chi connectivity index (χ0) is 29.1. The fourth-order valence-electron chi connectivity index (χ4n) is 4.18. The standard InChI is InChI=1S/C21H38N.C9H11Cl.CH3PS.ClPS.ClH/c1-5-9-16-22(17-10-6-2,18-11-7-3)19-21-14-12-20(8-4)13-15-21;1-2-8-3-5-9(7-10)6-4-8;2*1-2-3;/h12-15H,5-11,16-19H2,1-4H3;3-6H,2,7H2,1H3;1H3;;1H/q+1;;;;. The van der Waals surface area contributed by atoms with Crippen LogP contribution in [0.3, 0.4) is 0 Å². The first-order chi connectivity index (χ1) is 18.4.